The highest BCUT2D eigenvalue weighted by atomic mass is 16.8. The molecule has 4 fully saturated rings. The van der Waals surface area contributed by atoms with Gasteiger partial charge in [-0.25, -0.2) is 20.4 Å². The molecule has 10 nitrogen and oxygen atoms in total. The molecule has 1 heterocycles. The molecule has 5 aliphatic rings. The summed E-state index contributed by atoms with van der Waals surface area (Å²) in [5.41, 5.74) is 17.6. The Morgan fingerprint density at radius 3 is 2.44 bits per heavy atom. The lowest BCUT2D eigenvalue weighted by Crippen LogP contribution is -2.60. The molecule has 7 unspecified atom stereocenters. The predicted molar refractivity (Wildman–Crippen MR) is 136 cm³/mol. The minimum absolute atomic E-state index is 0.110. The van der Waals surface area contributed by atoms with Crippen LogP contribution in [0.4, 0.5) is 9.59 Å². The number of hydrogen-bond donors (Lipinski definition) is 4. The van der Waals surface area contributed by atoms with Crippen LogP contribution in [-0.2, 0) is 9.47 Å². The number of nitrogens with one attached hydrogen (secondary N) is 2. The van der Waals surface area contributed by atoms with Crippen molar-refractivity contribution < 1.29 is 19.1 Å². The minimum Gasteiger partial charge on any atom is -0.350 e. The second kappa shape index (κ2) is 8.28. The van der Waals surface area contributed by atoms with Gasteiger partial charge in [0, 0.05) is 5.41 Å². The summed E-state index contributed by atoms with van der Waals surface area (Å²) in [7, 11) is 0. The van der Waals surface area contributed by atoms with E-state index >= 15 is 0 Å². The van der Waals surface area contributed by atoms with E-state index in [9.17, 15) is 9.59 Å². The van der Waals surface area contributed by atoms with Crippen molar-refractivity contribution in [2.45, 2.75) is 97.1 Å². The second-order valence-electron chi connectivity index (χ2n) is 12.3. The summed E-state index contributed by atoms with van der Waals surface area (Å²) in [5, 5.41) is 8.60. The first-order valence-corrected chi connectivity index (χ1v) is 13.1. The SMILES string of the molecule is CC(=NNC(N)=O)C12OC(C)(C)OC1CC1C3CCC4=CC(=NNC(N)=O)CCC4(C)C3CCC12C. The average molecular weight is 501 g/mol. The number of ether oxygens (including phenoxy) is 2. The Bertz CT molecular complexity index is 1070. The number of carbonyl (C=O) groups is 2. The van der Waals surface area contributed by atoms with E-state index in [-0.39, 0.29) is 16.9 Å². The molecule has 3 saturated carbocycles. The van der Waals surface area contributed by atoms with E-state index in [0.29, 0.717) is 17.8 Å². The van der Waals surface area contributed by atoms with Gasteiger partial charge in [-0.05, 0) is 95.0 Å². The topological polar surface area (TPSA) is 153 Å². The summed E-state index contributed by atoms with van der Waals surface area (Å²) in [4.78, 5) is 22.6. The molecule has 0 aromatic heterocycles. The van der Waals surface area contributed by atoms with Crippen LogP contribution in [0.1, 0.15) is 79.6 Å². The van der Waals surface area contributed by atoms with Crippen LogP contribution in [0.15, 0.2) is 21.9 Å². The molecule has 1 aliphatic heterocycles. The maximum atomic E-state index is 11.4. The standard InChI is InChI=1S/C26H40N6O4/c1-14(29-31-21(27)33)26-20(35-23(2,3)36-26)13-19-17-7-6-15-12-16(30-32-22(28)34)8-10-24(15,4)18(17)9-11-25(19,26)5/h12,17-20H,6-11,13H2,1-5H3,(H3,27,31,33)(H3,28,32,34). The van der Waals surface area contributed by atoms with E-state index in [2.05, 4.69) is 41.0 Å². The lowest BCUT2D eigenvalue weighted by molar-refractivity contribution is -0.197. The van der Waals surface area contributed by atoms with Gasteiger partial charge in [-0.2, -0.15) is 10.2 Å². The summed E-state index contributed by atoms with van der Waals surface area (Å²) in [6.07, 6.45) is 9.01. The van der Waals surface area contributed by atoms with Crippen molar-refractivity contribution in [2.75, 3.05) is 0 Å². The first-order valence-electron chi connectivity index (χ1n) is 13.1. The molecule has 0 aromatic carbocycles. The molecule has 6 N–H and O–H groups in total. The summed E-state index contributed by atoms with van der Waals surface area (Å²) < 4.78 is 13.3. The van der Waals surface area contributed by atoms with Gasteiger partial charge in [0.15, 0.2) is 5.79 Å². The molecule has 5 rings (SSSR count). The molecule has 7 atom stereocenters. The zero-order valence-corrected chi connectivity index (χ0v) is 22.0. The number of hydrazone groups is 2. The normalized spacial score (nSPS) is 44.1. The number of urea groups is 2. The average Bonchev–Trinajstić information content (AvgIpc) is 3.21. The molecule has 0 radical (unpaired) electrons. The fourth-order valence-electron chi connectivity index (χ4n) is 8.78. The predicted octanol–water partition coefficient (Wildman–Crippen LogP) is 3.52. The zero-order chi connectivity index (χ0) is 26.1. The van der Waals surface area contributed by atoms with Crippen molar-refractivity contribution in [3.8, 4) is 0 Å². The largest absolute Gasteiger partial charge is 0.350 e. The summed E-state index contributed by atoms with van der Waals surface area (Å²) in [6.45, 7) is 10.6. The van der Waals surface area contributed by atoms with E-state index < -0.39 is 23.5 Å². The van der Waals surface area contributed by atoms with E-state index in [0.717, 1.165) is 56.4 Å². The molecule has 10 heteroatoms. The van der Waals surface area contributed by atoms with E-state index in [4.69, 9.17) is 20.9 Å². The molecule has 36 heavy (non-hydrogen) atoms. The zero-order valence-electron chi connectivity index (χ0n) is 22.0. The highest BCUT2D eigenvalue weighted by Gasteiger charge is 2.74. The highest BCUT2D eigenvalue weighted by Crippen LogP contribution is 2.70. The summed E-state index contributed by atoms with van der Waals surface area (Å²) >= 11 is 0. The van der Waals surface area contributed by atoms with Crippen LogP contribution in [0, 0.1) is 28.6 Å². The summed E-state index contributed by atoms with van der Waals surface area (Å²) in [6, 6.07) is -1.32. The number of hydrogen-bond acceptors (Lipinski definition) is 6. The Morgan fingerprint density at radius 1 is 1.03 bits per heavy atom. The number of rotatable bonds is 3. The van der Waals surface area contributed by atoms with Gasteiger partial charge in [-0.3, -0.25) is 0 Å². The van der Waals surface area contributed by atoms with Crippen molar-refractivity contribution in [3.05, 3.63) is 11.6 Å². The van der Waals surface area contributed by atoms with Gasteiger partial charge in [0.2, 0.25) is 0 Å². The molecular weight excluding hydrogens is 460 g/mol. The lowest BCUT2D eigenvalue weighted by atomic mass is 9.46. The van der Waals surface area contributed by atoms with Crippen molar-refractivity contribution in [2.24, 2.45) is 50.3 Å². The maximum Gasteiger partial charge on any atom is 0.332 e. The molecular formula is C26H40N6O4. The van der Waals surface area contributed by atoms with Crippen LogP contribution < -0.4 is 22.3 Å². The Hall–Kier alpha value is -2.46. The van der Waals surface area contributed by atoms with Crippen molar-refractivity contribution in [1.29, 1.82) is 0 Å². The molecule has 198 valence electrons. The Labute approximate surface area is 212 Å². The molecule has 1 saturated heterocycles. The monoisotopic (exact) mass is 500 g/mol. The summed E-state index contributed by atoms with van der Waals surface area (Å²) in [5.74, 6) is 0.792. The fourth-order valence-corrected chi connectivity index (χ4v) is 8.78. The first kappa shape index (κ1) is 25.2. The number of nitrogens with two attached hydrogens (primary N) is 2. The molecule has 0 spiro atoms. The van der Waals surface area contributed by atoms with E-state index in [1.54, 1.807) is 0 Å². The molecule has 4 aliphatic carbocycles. The maximum absolute atomic E-state index is 11.4. The van der Waals surface area contributed by atoms with Crippen LogP contribution in [0.3, 0.4) is 0 Å². The highest BCUT2D eigenvalue weighted by molar-refractivity contribution is 5.97. The van der Waals surface area contributed by atoms with Crippen LogP contribution in [0.2, 0.25) is 0 Å². The number of fused-ring (bicyclic) bond motifs is 7. The lowest BCUT2D eigenvalue weighted by Gasteiger charge is -2.59. The van der Waals surface area contributed by atoms with Gasteiger partial charge in [-0.1, -0.05) is 19.4 Å². The molecule has 4 amide bonds. The number of allylic oxidation sites excluding steroid dienone is 2. The van der Waals surface area contributed by atoms with E-state index in [1.807, 2.05) is 20.8 Å². The molecule has 0 aromatic rings. The third-order valence-electron chi connectivity index (χ3n) is 10.2. The second-order valence-corrected chi connectivity index (χ2v) is 12.3. The van der Waals surface area contributed by atoms with Crippen molar-refractivity contribution >= 4 is 23.5 Å². The minimum atomic E-state index is -0.731. The van der Waals surface area contributed by atoms with Crippen LogP contribution in [-0.4, -0.2) is 41.0 Å². The van der Waals surface area contributed by atoms with Crippen molar-refractivity contribution in [1.82, 2.24) is 10.9 Å². The van der Waals surface area contributed by atoms with Crippen LogP contribution >= 0.6 is 0 Å². The quantitative estimate of drug-likeness (QED) is 0.346. The van der Waals surface area contributed by atoms with Gasteiger partial charge in [0.05, 0.1) is 17.5 Å². The number of primary amides is 2. The van der Waals surface area contributed by atoms with Gasteiger partial charge >= 0.3 is 12.1 Å². The van der Waals surface area contributed by atoms with Gasteiger partial charge in [-0.15, -0.1) is 0 Å². The fraction of sp³-hybridized carbons (Fsp3) is 0.769. The van der Waals surface area contributed by atoms with E-state index in [1.165, 1.54) is 5.57 Å². The number of amides is 4. The van der Waals surface area contributed by atoms with Crippen LogP contribution in [0.5, 0.6) is 0 Å². The third-order valence-corrected chi connectivity index (χ3v) is 10.2. The Balaban J connectivity index is 1.47. The smallest absolute Gasteiger partial charge is 0.332 e. The molecule has 0 bridgehead atoms. The van der Waals surface area contributed by atoms with Gasteiger partial charge in [0.1, 0.15) is 5.60 Å². The van der Waals surface area contributed by atoms with Gasteiger partial charge in [0.25, 0.3) is 0 Å². The van der Waals surface area contributed by atoms with Crippen LogP contribution in [0.25, 0.3) is 0 Å². The number of nitrogens with zero attached hydrogens (tertiary/aromatic N) is 2. The number of carbonyl (C=O) groups excluding carboxylic acids is 2. The van der Waals surface area contributed by atoms with Gasteiger partial charge < -0.3 is 20.9 Å². The van der Waals surface area contributed by atoms with Crippen molar-refractivity contribution in [3.63, 3.8) is 0 Å². The third kappa shape index (κ3) is 3.59. The first-order chi connectivity index (χ1) is 16.8. The Kier molecular flexibility index (Phi) is 5.79. The Morgan fingerprint density at radius 2 is 1.75 bits per heavy atom.